The summed E-state index contributed by atoms with van der Waals surface area (Å²) in [6.07, 6.45) is 12.0. The van der Waals surface area contributed by atoms with E-state index in [0.717, 1.165) is 50.5 Å². The molecule has 210 valence electrons. The Morgan fingerprint density at radius 1 is 1.24 bits per heavy atom. The Kier molecular flexibility index (Phi) is 10.2. The number of Topliss-reactive ketones (excluding diaryl/α,β-unsaturated/α-hetero) is 2. The SMILES string of the molecule is COCOC/C(C)=C/CCC(=O)CCC[C@@H](O[Si](C)(C)C(C)(C)C)[C@@H]1CCC2=CCC[C@]3(C)[C@H](C1=O)[C@H]23. The molecule has 3 aliphatic rings. The first-order chi connectivity index (χ1) is 17.3. The van der Waals surface area contributed by atoms with Gasteiger partial charge in [0.15, 0.2) is 8.32 Å². The van der Waals surface area contributed by atoms with Gasteiger partial charge in [-0.1, -0.05) is 51.0 Å². The summed E-state index contributed by atoms with van der Waals surface area (Å²) in [6.45, 7) is 16.5. The highest BCUT2D eigenvalue weighted by Gasteiger charge is 2.68. The molecule has 0 aromatic carbocycles. The maximum Gasteiger partial charge on any atom is 0.192 e. The number of hydrogen-bond donors (Lipinski definition) is 0. The first-order valence-corrected chi connectivity index (χ1v) is 17.4. The molecular formula is C31H52O5Si. The van der Waals surface area contributed by atoms with Crippen LogP contribution in [0.1, 0.15) is 92.4 Å². The average Bonchev–Trinajstić information content (AvgIpc) is 3.47. The molecule has 37 heavy (non-hydrogen) atoms. The van der Waals surface area contributed by atoms with E-state index in [2.05, 4.69) is 52.9 Å². The van der Waals surface area contributed by atoms with Gasteiger partial charge in [-0.2, -0.15) is 0 Å². The smallest absolute Gasteiger partial charge is 0.192 e. The van der Waals surface area contributed by atoms with Crippen molar-refractivity contribution in [3.63, 3.8) is 0 Å². The van der Waals surface area contributed by atoms with Crippen molar-refractivity contribution >= 4 is 19.9 Å². The number of hydrogen-bond acceptors (Lipinski definition) is 5. The van der Waals surface area contributed by atoms with E-state index in [1.54, 1.807) is 7.11 Å². The molecule has 0 N–H and O–H groups in total. The normalized spacial score (nSPS) is 28.9. The van der Waals surface area contributed by atoms with E-state index < -0.39 is 8.32 Å². The van der Waals surface area contributed by atoms with Crippen LogP contribution < -0.4 is 0 Å². The number of carbonyl (C=O) groups excluding carboxylic acids is 2. The van der Waals surface area contributed by atoms with Gasteiger partial charge in [-0.05, 0) is 81.3 Å². The summed E-state index contributed by atoms with van der Waals surface area (Å²) in [5, 5.41) is 0.0825. The van der Waals surface area contributed by atoms with E-state index in [-0.39, 0.29) is 41.0 Å². The van der Waals surface area contributed by atoms with Crippen LogP contribution in [0.3, 0.4) is 0 Å². The van der Waals surface area contributed by atoms with Gasteiger partial charge in [-0.25, -0.2) is 0 Å². The minimum Gasteiger partial charge on any atom is -0.413 e. The van der Waals surface area contributed by atoms with Crippen molar-refractivity contribution in [1.82, 2.24) is 0 Å². The Morgan fingerprint density at radius 2 is 1.97 bits per heavy atom. The minimum atomic E-state index is -2.06. The summed E-state index contributed by atoms with van der Waals surface area (Å²) in [4.78, 5) is 26.6. The van der Waals surface area contributed by atoms with Crippen molar-refractivity contribution in [1.29, 1.82) is 0 Å². The largest absolute Gasteiger partial charge is 0.413 e. The molecule has 2 saturated carbocycles. The van der Waals surface area contributed by atoms with Crippen molar-refractivity contribution in [3.05, 3.63) is 23.3 Å². The maximum atomic E-state index is 13.9. The Balaban J connectivity index is 1.61. The van der Waals surface area contributed by atoms with Gasteiger partial charge in [0.05, 0.1) is 12.7 Å². The third-order valence-corrected chi connectivity index (χ3v) is 14.1. The molecule has 0 aliphatic heterocycles. The molecule has 6 heteroatoms. The highest BCUT2D eigenvalue weighted by Crippen LogP contribution is 2.69. The summed E-state index contributed by atoms with van der Waals surface area (Å²) in [5.41, 5.74) is 2.83. The second kappa shape index (κ2) is 12.4. The number of ether oxygens (including phenoxy) is 2. The van der Waals surface area contributed by atoms with Crippen LogP contribution in [0, 0.1) is 23.2 Å². The summed E-state index contributed by atoms with van der Waals surface area (Å²) < 4.78 is 17.2. The van der Waals surface area contributed by atoms with E-state index >= 15 is 0 Å². The second-order valence-corrected chi connectivity index (χ2v) is 18.3. The Hall–Kier alpha value is -1.08. The van der Waals surface area contributed by atoms with E-state index in [9.17, 15) is 9.59 Å². The van der Waals surface area contributed by atoms with Gasteiger partial charge >= 0.3 is 0 Å². The molecule has 0 radical (unpaired) electrons. The lowest BCUT2D eigenvalue weighted by molar-refractivity contribution is -0.128. The first kappa shape index (κ1) is 30.5. The molecular weight excluding hydrogens is 480 g/mol. The molecule has 0 unspecified atom stereocenters. The number of fused-ring (bicyclic) bond motifs is 1. The van der Waals surface area contributed by atoms with Gasteiger partial charge in [0.25, 0.3) is 0 Å². The van der Waals surface area contributed by atoms with Gasteiger partial charge in [0, 0.05) is 31.8 Å². The number of allylic oxidation sites excluding steroid dienone is 3. The lowest BCUT2D eigenvalue weighted by Crippen LogP contribution is -2.47. The molecule has 0 saturated heterocycles. The Morgan fingerprint density at radius 3 is 2.65 bits per heavy atom. The number of rotatable bonds is 14. The van der Waals surface area contributed by atoms with E-state index in [0.29, 0.717) is 31.1 Å². The lowest BCUT2D eigenvalue weighted by Gasteiger charge is -2.41. The van der Waals surface area contributed by atoms with Crippen molar-refractivity contribution in [3.8, 4) is 0 Å². The van der Waals surface area contributed by atoms with Gasteiger partial charge < -0.3 is 13.9 Å². The molecule has 3 rings (SSSR count). The minimum absolute atomic E-state index is 0.0414. The average molecular weight is 533 g/mol. The van der Waals surface area contributed by atoms with E-state index in [1.807, 2.05) is 6.92 Å². The first-order valence-electron chi connectivity index (χ1n) is 14.5. The maximum absolute atomic E-state index is 13.9. The van der Waals surface area contributed by atoms with E-state index in [1.165, 1.54) is 5.57 Å². The summed E-state index contributed by atoms with van der Waals surface area (Å²) in [6, 6.07) is 0. The molecule has 3 aliphatic carbocycles. The van der Waals surface area contributed by atoms with Crippen LogP contribution in [0.4, 0.5) is 0 Å². The zero-order valence-electron chi connectivity index (χ0n) is 24.8. The molecule has 0 heterocycles. The fraction of sp³-hybridized carbons (Fsp3) is 0.806. The van der Waals surface area contributed by atoms with Crippen LogP contribution in [0.5, 0.6) is 0 Å². The van der Waals surface area contributed by atoms with Gasteiger partial charge in [-0.3, -0.25) is 9.59 Å². The molecule has 0 spiro atoms. The summed E-state index contributed by atoms with van der Waals surface area (Å²) >= 11 is 0. The summed E-state index contributed by atoms with van der Waals surface area (Å²) in [7, 11) is -0.450. The Bertz CT molecular complexity index is 883. The fourth-order valence-electron chi connectivity index (χ4n) is 6.37. The number of ketones is 2. The van der Waals surface area contributed by atoms with Gasteiger partial charge in [0.2, 0.25) is 0 Å². The topological polar surface area (TPSA) is 61.8 Å². The van der Waals surface area contributed by atoms with Crippen LogP contribution in [-0.4, -0.2) is 46.5 Å². The number of methoxy groups -OCH3 is 1. The number of carbonyl (C=O) groups is 2. The highest BCUT2D eigenvalue weighted by atomic mass is 28.4. The van der Waals surface area contributed by atoms with Crippen molar-refractivity contribution < 1.29 is 23.5 Å². The molecule has 0 amide bonds. The van der Waals surface area contributed by atoms with Gasteiger partial charge in [0.1, 0.15) is 18.4 Å². The van der Waals surface area contributed by atoms with Crippen LogP contribution in [-0.2, 0) is 23.5 Å². The monoisotopic (exact) mass is 532 g/mol. The predicted octanol–water partition coefficient (Wildman–Crippen LogP) is 7.41. The molecule has 5 atom stereocenters. The third-order valence-electron chi connectivity index (χ3n) is 9.64. The van der Waals surface area contributed by atoms with Crippen LogP contribution in [0.2, 0.25) is 18.1 Å². The fourth-order valence-corrected chi connectivity index (χ4v) is 7.76. The van der Waals surface area contributed by atoms with Crippen LogP contribution in [0.15, 0.2) is 23.3 Å². The third kappa shape index (κ3) is 7.31. The lowest BCUT2D eigenvalue weighted by atomic mass is 9.81. The molecule has 2 fully saturated rings. The second-order valence-electron chi connectivity index (χ2n) is 13.5. The van der Waals surface area contributed by atoms with E-state index in [4.69, 9.17) is 13.9 Å². The Labute approximate surface area is 226 Å². The predicted molar refractivity (Wildman–Crippen MR) is 152 cm³/mol. The van der Waals surface area contributed by atoms with Crippen molar-refractivity contribution in [2.45, 2.75) is 117 Å². The van der Waals surface area contributed by atoms with Gasteiger partial charge in [-0.15, -0.1) is 0 Å². The highest BCUT2D eigenvalue weighted by molar-refractivity contribution is 6.74. The van der Waals surface area contributed by atoms with Crippen LogP contribution in [0.25, 0.3) is 0 Å². The molecule has 5 nitrogen and oxygen atoms in total. The molecule has 0 aromatic heterocycles. The molecule has 0 bridgehead atoms. The zero-order valence-corrected chi connectivity index (χ0v) is 25.8. The van der Waals surface area contributed by atoms with Crippen molar-refractivity contribution in [2.75, 3.05) is 20.5 Å². The molecule has 0 aromatic rings. The summed E-state index contributed by atoms with van der Waals surface area (Å²) in [5.74, 6) is 1.35. The quantitative estimate of drug-likeness (QED) is 0.101. The van der Waals surface area contributed by atoms with Crippen LogP contribution >= 0.6 is 0 Å². The van der Waals surface area contributed by atoms with Crippen molar-refractivity contribution in [2.24, 2.45) is 23.2 Å². The standard InChI is InChI=1S/C31H52O5Si/c1-22(20-35-21-34-6)12-9-14-24(32)15-10-16-26(36-37(7,8)30(2,3)4)25-18-17-23-13-11-19-31(5)27(23)28(31)29(25)33/h12-13,25-28H,9-11,14-21H2,1-8H3/b22-12+/t25-,26+,27-,28-,31-/m0/s1. The zero-order chi connectivity index (χ0) is 27.4.